The second-order valence-electron chi connectivity index (χ2n) is 9.02. The van der Waals surface area contributed by atoms with E-state index in [1.807, 2.05) is 103 Å². The van der Waals surface area contributed by atoms with Gasteiger partial charge in [-0.05, 0) is 52.6 Å². The Kier molecular flexibility index (Phi) is 7.51. The Morgan fingerprint density at radius 1 is 0.838 bits per heavy atom. The first-order chi connectivity index (χ1) is 18.2. The average molecular weight is 491 g/mol. The Bertz CT molecular complexity index is 1460. The number of amides is 1. The zero-order valence-electron chi connectivity index (χ0n) is 20.8. The number of hydrogen-bond acceptors (Lipinski definition) is 3. The third kappa shape index (κ3) is 6.01. The standard InChI is InChI=1S/C32H30N2O3/c1-36-26-15-16-31-29(18-26)30(21-33-31)28(19-32(35)34-20-23-9-4-2-5-10-23)25-13-8-14-27(17-25)37-22-24-11-6-3-7-12-24/h2-18,21,28,33H,19-20,22H2,1H3,(H,34,35). The largest absolute Gasteiger partial charge is 0.497 e. The molecule has 5 rings (SSSR count). The number of benzene rings is 4. The van der Waals surface area contributed by atoms with E-state index in [2.05, 4.69) is 16.4 Å². The van der Waals surface area contributed by atoms with Crippen molar-refractivity contribution in [2.45, 2.75) is 25.5 Å². The molecule has 1 atom stereocenters. The highest BCUT2D eigenvalue weighted by molar-refractivity contribution is 5.87. The van der Waals surface area contributed by atoms with Crippen LogP contribution in [0.1, 0.15) is 34.6 Å². The molecular weight excluding hydrogens is 460 g/mol. The second kappa shape index (κ2) is 11.5. The molecule has 1 amide bonds. The van der Waals surface area contributed by atoms with E-state index in [0.717, 1.165) is 44.7 Å². The molecule has 1 heterocycles. The Labute approximate surface area is 217 Å². The summed E-state index contributed by atoms with van der Waals surface area (Å²) in [6.45, 7) is 0.977. The summed E-state index contributed by atoms with van der Waals surface area (Å²) < 4.78 is 11.6. The summed E-state index contributed by atoms with van der Waals surface area (Å²) in [5.74, 6) is 1.37. The zero-order valence-corrected chi connectivity index (χ0v) is 20.8. The summed E-state index contributed by atoms with van der Waals surface area (Å²) in [5.41, 5.74) is 5.24. The number of aromatic amines is 1. The fourth-order valence-corrected chi connectivity index (χ4v) is 4.56. The van der Waals surface area contributed by atoms with Crippen molar-refractivity contribution in [3.8, 4) is 11.5 Å². The van der Waals surface area contributed by atoms with Crippen LogP contribution in [0, 0.1) is 0 Å². The number of rotatable bonds is 10. The monoisotopic (exact) mass is 490 g/mol. The zero-order chi connectivity index (χ0) is 25.5. The summed E-state index contributed by atoms with van der Waals surface area (Å²) in [6, 6.07) is 34.0. The number of methoxy groups -OCH3 is 1. The molecule has 37 heavy (non-hydrogen) atoms. The molecule has 0 aliphatic carbocycles. The molecule has 0 spiro atoms. The molecule has 0 saturated carbocycles. The number of nitrogens with one attached hydrogen (secondary N) is 2. The van der Waals surface area contributed by atoms with Crippen molar-refractivity contribution in [2.24, 2.45) is 0 Å². The van der Waals surface area contributed by atoms with Gasteiger partial charge in [-0.3, -0.25) is 4.79 Å². The number of aromatic nitrogens is 1. The summed E-state index contributed by atoms with van der Waals surface area (Å²) in [6.07, 6.45) is 2.30. The Morgan fingerprint density at radius 3 is 2.35 bits per heavy atom. The number of fused-ring (bicyclic) bond motifs is 1. The molecule has 1 unspecified atom stereocenters. The van der Waals surface area contributed by atoms with E-state index in [4.69, 9.17) is 9.47 Å². The fraction of sp³-hybridized carbons (Fsp3) is 0.156. The highest BCUT2D eigenvalue weighted by Gasteiger charge is 2.22. The van der Waals surface area contributed by atoms with Crippen molar-refractivity contribution in [2.75, 3.05) is 7.11 Å². The molecule has 1 aromatic heterocycles. The van der Waals surface area contributed by atoms with Gasteiger partial charge in [-0.15, -0.1) is 0 Å². The van der Waals surface area contributed by atoms with Gasteiger partial charge < -0.3 is 19.8 Å². The van der Waals surface area contributed by atoms with Gasteiger partial charge >= 0.3 is 0 Å². The minimum Gasteiger partial charge on any atom is -0.497 e. The van der Waals surface area contributed by atoms with E-state index >= 15 is 0 Å². The molecule has 0 saturated heterocycles. The van der Waals surface area contributed by atoms with E-state index < -0.39 is 0 Å². The lowest BCUT2D eigenvalue weighted by molar-refractivity contribution is -0.121. The predicted molar refractivity (Wildman–Crippen MR) is 147 cm³/mol. The molecule has 0 aliphatic rings. The van der Waals surface area contributed by atoms with Gasteiger partial charge in [0.15, 0.2) is 0 Å². The molecule has 0 aliphatic heterocycles. The third-order valence-corrected chi connectivity index (χ3v) is 6.53. The van der Waals surface area contributed by atoms with Crippen LogP contribution in [0.5, 0.6) is 11.5 Å². The Hall–Kier alpha value is -4.51. The van der Waals surface area contributed by atoms with Crippen LogP contribution >= 0.6 is 0 Å². The van der Waals surface area contributed by atoms with Crippen molar-refractivity contribution < 1.29 is 14.3 Å². The van der Waals surface area contributed by atoms with Gasteiger partial charge in [-0.2, -0.15) is 0 Å². The van der Waals surface area contributed by atoms with Crippen molar-refractivity contribution >= 4 is 16.8 Å². The molecule has 5 nitrogen and oxygen atoms in total. The average Bonchev–Trinajstić information content (AvgIpc) is 3.38. The SMILES string of the molecule is COc1ccc2[nH]cc(C(CC(=O)NCc3ccccc3)c3cccc(OCc4ccccc4)c3)c2c1. The fourth-order valence-electron chi connectivity index (χ4n) is 4.56. The van der Waals surface area contributed by atoms with Gasteiger partial charge in [-0.25, -0.2) is 0 Å². The lowest BCUT2D eigenvalue weighted by atomic mass is 9.87. The first kappa shape index (κ1) is 24.2. The Balaban J connectivity index is 1.43. The quantitative estimate of drug-likeness (QED) is 0.232. The topological polar surface area (TPSA) is 63.4 Å². The van der Waals surface area contributed by atoms with E-state index in [9.17, 15) is 4.79 Å². The molecule has 4 aromatic carbocycles. The van der Waals surface area contributed by atoms with E-state index in [0.29, 0.717) is 19.6 Å². The highest BCUT2D eigenvalue weighted by atomic mass is 16.5. The molecular formula is C32H30N2O3. The van der Waals surface area contributed by atoms with Crippen molar-refractivity contribution in [1.82, 2.24) is 10.3 Å². The number of carbonyl (C=O) groups is 1. The van der Waals surface area contributed by atoms with Gasteiger partial charge in [0.25, 0.3) is 0 Å². The Morgan fingerprint density at radius 2 is 1.59 bits per heavy atom. The molecule has 5 aromatic rings. The first-order valence-corrected chi connectivity index (χ1v) is 12.4. The minimum atomic E-state index is -0.170. The van der Waals surface area contributed by atoms with Crippen LogP contribution in [0.3, 0.4) is 0 Å². The van der Waals surface area contributed by atoms with Crippen LogP contribution in [-0.4, -0.2) is 18.0 Å². The molecule has 186 valence electrons. The van der Waals surface area contributed by atoms with E-state index in [1.54, 1.807) is 7.11 Å². The summed E-state index contributed by atoms with van der Waals surface area (Å²) in [7, 11) is 1.66. The molecule has 0 fully saturated rings. The minimum absolute atomic E-state index is 0.0123. The normalized spacial score (nSPS) is 11.7. The van der Waals surface area contributed by atoms with Crippen LogP contribution in [0.25, 0.3) is 10.9 Å². The van der Waals surface area contributed by atoms with Crippen LogP contribution in [0.4, 0.5) is 0 Å². The van der Waals surface area contributed by atoms with Gasteiger partial charge in [0.05, 0.1) is 7.11 Å². The van der Waals surface area contributed by atoms with Crippen molar-refractivity contribution in [3.63, 3.8) is 0 Å². The van der Waals surface area contributed by atoms with Crippen LogP contribution in [0.15, 0.2) is 109 Å². The van der Waals surface area contributed by atoms with Crippen LogP contribution < -0.4 is 14.8 Å². The van der Waals surface area contributed by atoms with Gasteiger partial charge in [0.2, 0.25) is 5.91 Å². The summed E-state index contributed by atoms with van der Waals surface area (Å²) >= 11 is 0. The molecule has 0 radical (unpaired) electrons. The van der Waals surface area contributed by atoms with Crippen LogP contribution in [-0.2, 0) is 17.9 Å². The number of hydrogen-bond donors (Lipinski definition) is 2. The molecule has 2 N–H and O–H groups in total. The lowest BCUT2D eigenvalue weighted by Gasteiger charge is -2.19. The molecule has 0 bridgehead atoms. The van der Waals surface area contributed by atoms with Gasteiger partial charge in [0, 0.05) is 36.0 Å². The number of H-pyrrole nitrogens is 1. The van der Waals surface area contributed by atoms with Crippen molar-refractivity contribution in [1.29, 1.82) is 0 Å². The maximum absolute atomic E-state index is 13.2. The second-order valence-corrected chi connectivity index (χ2v) is 9.02. The summed E-state index contributed by atoms with van der Waals surface area (Å²) in [5, 5.41) is 4.13. The molecule has 5 heteroatoms. The summed E-state index contributed by atoms with van der Waals surface area (Å²) in [4.78, 5) is 16.5. The smallest absolute Gasteiger partial charge is 0.221 e. The van der Waals surface area contributed by atoms with Crippen LogP contribution in [0.2, 0.25) is 0 Å². The van der Waals surface area contributed by atoms with Crippen molar-refractivity contribution in [3.05, 3.63) is 132 Å². The maximum Gasteiger partial charge on any atom is 0.221 e. The van der Waals surface area contributed by atoms with E-state index in [1.165, 1.54) is 0 Å². The maximum atomic E-state index is 13.2. The van der Waals surface area contributed by atoms with E-state index in [-0.39, 0.29) is 11.8 Å². The predicted octanol–water partition coefficient (Wildman–Crippen LogP) is 6.59. The van der Waals surface area contributed by atoms with Gasteiger partial charge in [-0.1, -0.05) is 72.8 Å². The van der Waals surface area contributed by atoms with Gasteiger partial charge in [0.1, 0.15) is 18.1 Å². The number of carbonyl (C=O) groups excluding carboxylic acids is 1. The third-order valence-electron chi connectivity index (χ3n) is 6.53. The lowest BCUT2D eigenvalue weighted by Crippen LogP contribution is -2.25. The first-order valence-electron chi connectivity index (χ1n) is 12.4. The number of ether oxygens (including phenoxy) is 2. The highest BCUT2D eigenvalue weighted by Crippen LogP contribution is 2.36.